The summed E-state index contributed by atoms with van der Waals surface area (Å²) in [4.78, 5) is 22.3. The van der Waals surface area contributed by atoms with Crippen LogP contribution in [0.3, 0.4) is 0 Å². The van der Waals surface area contributed by atoms with Crippen molar-refractivity contribution in [2.45, 2.75) is 6.54 Å². The van der Waals surface area contributed by atoms with Crippen LogP contribution in [0.25, 0.3) is 10.9 Å². The first kappa shape index (κ1) is 16.6. The van der Waals surface area contributed by atoms with Crippen molar-refractivity contribution in [1.29, 1.82) is 0 Å². The molecule has 1 aromatic heterocycles. The highest BCUT2D eigenvalue weighted by Crippen LogP contribution is 2.20. The molecule has 0 atom stereocenters. The van der Waals surface area contributed by atoms with Crippen molar-refractivity contribution < 1.29 is 9.72 Å². The van der Waals surface area contributed by atoms with Gasteiger partial charge >= 0.3 is 0 Å². The Morgan fingerprint density at radius 1 is 1.36 bits per heavy atom. The van der Waals surface area contributed by atoms with Crippen LogP contribution in [0, 0.1) is 10.1 Å². The second kappa shape index (κ2) is 7.10. The Morgan fingerprint density at radius 3 is 2.92 bits per heavy atom. The van der Waals surface area contributed by atoms with E-state index in [2.05, 4.69) is 15.6 Å². The fourth-order valence-corrected chi connectivity index (χ4v) is 2.42. The van der Waals surface area contributed by atoms with Crippen molar-refractivity contribution in [1.82, 2.24) is 15.2 Å². The van der Waals surface area contributed by atoms with Crippen molar-refractivity contribution in [3.63, 3.8) is 0 Å². The van der Waals surface area contributed by atoms with Gasteiger partial charge in [0.25, 0.3) is 11.6 Å². The molecule has 0 radical (unpaired) electrons. The van der Waals surface area contributed by atoms with E-state index in [1.165, 1.54) is 29.2 Å². The lowest BCUT2D eigenvalue weighted by Crippen LogP contribution is -2.23. The highest BCUT2D eigenvalue weighted by Gasteiger charge is 2.11. The maximum Gasteiger partial charge on any atom is 0.270 e. The van der Waals surface area contributed by atoms with Gasteiger partial charge in [0.1, 0.15) is 6.54 Å². The summed E-state index contributed by atoms with van der Waals surface area (Å²) in [5, 5.41) is 19.8. The topological polar surface area (TPSA) is 102 Å². The van der Waals surface area contributed by atoms with Crippen LogP contribution >= 0.6 is 11.6 Å². The zero-order valence-electron chi connectivity index (χ0n) is 12.8. The molecule has 1 N–H and O–H groups in total. The molecule has 3 rings (SSSR count). The van der Waals surface area contributed by atoms with Gasteiger partial charge in [0, 0.05) is 28.1 Å². The van der Waals surface area contributed by atoms with E-state index in [1.54, 1.807) is 24.3 Å². The Bertz CT molecular complexity index is 983. The summed E-state index contributed by atoms with van der Waals surface area (Å²) in [5.41, 5.74) is 3.67. The van der Waals surface area contributed by atoms with Crippen molar-refractivity contribution in [3.05, 3.63) is 69.4 Å². The van der Waals surface area contributed by atoms with Gasteiger partial charge in [-0.25, -0.2) is 5.43 Å². The van der Waals surface area contributed by atoms with Crippen LogP contribution in [0.2, 0.25) is 5.02 Å². The molecular formula is C16H12ClN5O3. The number of halogens is 1. The van der Waals surface area contributed by atoms with Crippen LogP contribution in [0.1, 0.15) is 5.56 Å². The number of carbonyl (C=O) groups is 1. The van der Waals surface area contributed by atoms with Gasteiger partial charge in [-0.1, -0.05) is 29.8 Å². The highest BCUT2D eigenvalue weighted by atomic mass is 35.5. The van der Waals surface area contributed by atoms with E-state index in [9.17, 15) is 14.9 Å². The Kier molecular flexibility index (Phi) is 4.71. The molecule has 126 valence electrons. The summed E-state index contributed by atoms with van der Waals surface area (Å²) in [6.45, 7) is -0.0683. The van der Waals surface area contributed by atoms with Gasteiger partial charge in [-0.3, -0.25) is 19.6 Å². The van der Waals surface area contributed by atoms with Crippen LogP contribution in [-0.4, -0.2) is 26.8 Å². The van der Waals surface area contributed by atoms with Crippen molar-refractivity contribution in [2.75, 3.05) is 0 Å². The van der Waals surface area contributed by atoms with Gasteiger partial charge in [-0.15, -0.1) is 0 Å². The Hall–Kier alpha value is -3.26. The van der Waals surface area contributed by atoms with Crippen molar-refractivity contribution in [3.8, 4) is 0 Å². The summed E-state index contributed by atoms with van der Waals surface area (Å²) >= 11 is 5.99. The van der Waals surface area contributed by atoms with Gasteiger partial charge in [-0.2, -0.15) is 10.2 Å². The van der Waals surface area contributed by atoms with Gasteiger partial charge in [-0.05, 0) is 12.1 Å². The number of hydrazone groups is 1. The Labute approximate surface area is 146 Å². The summed E-state index contributed by atoms with van der Waals surface area (Å²) < 4.78 is 1.44. The third-order valence-corrected chi connectivity index (χ3v) is 3.77. The molecule has 3 aromatic rings. The number of nitro benzene ring substituents is 1. The third-order valence-electron chi connectivity index (χ3n) is 3.43. The van der Waals surface area contributed by atoms with E-state index >= 15 is 0 Å². The van der Waals surface area contributed by atoms with Crippen LogP contribution in [0.4, 0.5) is 5.69 Å². The smallest absolute Gasteiger partial charge is 0.270 e. The molecule has 0 unspecified atom stereocenters. The fraction of sp³-hybridized carbons (Fsp3) is 0.0625. The quantitative estimate of drug-likeness (QED) is 0.431. The van der Waals surface area contributed by atoms with Gasteiger partial charge in [0.2, 0.25) is 0 Å². The lowest BCUT2D eigenvalue weighted by Gasteiger charge is -2.02. The molecule has 1 heterocycles. The minimum atomic E-state index is -0.479. The number of nitro groups is 1. The molecule has 2 aromatic carbocycles. The average molecular weight is 358 g/mol. The zero-order chi connectivity index (χ0) is 17.8. The first-order chi connectivity index (χ1) is 12.0. The van der Waals surface area contributed by atoms with E-state index in [4.69, 9.17) is 11.6 Å². The number of hydrogen-bond acceptors (Lipinski definition) is 5. The molecular weight excluding hydrogens is 346 g/mol. The van der Waals surface area contributed by atoms with Crippen molar-refractivity contribution in [2.24, 2.45) is 5.10 Å². The van der Waals surface area contributed by atoms with Crippen molar-refractivity contribution >= 4 is 40.3 Å². The van der Waals surface area contributed by atoms with Crippen LogP contribution in [0.5, 0.6) is 0 Å². The van der Waals surface area contributed by atoms with Gasteiger partial charge in [0.15, 0.2) is 0 Å². The second-order valence-corrected chi connectivity index (χ2v) is 5.52. The molecule has 25 heavy (non-hydrogen) atoms. The Morgan fingerprint density at radius 2 is 2.16 bits per heavy atom. The van der Waals surface area contributed by atoms with Crippen LogP contribution in [0.15, 0.2) is 53.8 Å². The van der Waals surface area contributed by atoms with E-state index in [-0.39, 0.29) is 18.1 Å². The predicted octanol–water partition coefficient (Wildman–Crippen LogP) is 2.75. The molecule has 1 amide bonds. The molecule has 0 bridgehead atoms. The summed E-state index contributed by atoms with van der Waals surface area (Å²) in [6, 6.07) is 11.4. The highest BCUT2D eigenvalue weighted by molar-refractivity contribution is 6.33. The first-order valence-corrected chi connectivity index (χ1v) is 7.59. The minimum Gasteiger partial charge on any atom is -0.271 e. The van der Waals surface area contributed by atoms with Crippen LogP contribution in [-0.2, 0) is 11.3 Å². The standard InChI is InChI=1S/C16H12ClN5O3/c17-14-4-2-1-3-11(14)8-18-20-16(23)10-21-15-6-5-13(22(24)25)7-12(15)9-19-21/h1-9H,10H2,(H,20,23)/b18-8+. The van der Waals surface area contributed by atoms with E-state index in [1.807, 2.05) is 6.07 Å². The molecule has 0 aliphatic rings. The lowest BCUT2D eigenvalue weighted by molar-refractivity contribution is -0.384. The monoisotopic (exact) mass is 357 g/mol. The second-order valence-electron chi connectivity index (χ2n) is 5.12. The number of nitrogens with zero attached hydrogens (tertiary/aromatic N) is 4. The minimum absolute atomic E-state index is 0.0270. The predicted molar refractivity (Wildman–Crippen MR) is 93.6 cm³/mol. The largest absolute Gasteiger partial charge is 0.271 e. The lowest BCUT2D eigenvalue weighted by atomic mass is 10.2. The number of aromatic nitrogens is 2. The SMILES string of the molecule is O=C(Cn1ncc2cc([N+](=O)[O-])ccc21)N/N=C/c1ccccc1Cl. The number of nitrogens with one attached hydrogen (secondary N) is 1. The summed E-state index contributed by atoms with van der Waals surface area (Å²) in [5.74, 6) is -0.383. The van der Waals surface area contributed by atoms with Gasteiger partial charge in [0.05, 0.1) is 22.9 Å². The van der Waals surface area contributed by atoms with E-state index < -0.39 is 4.92 Å². The number of non-ortho nitro benzene ring substituents is 1. The normalized spacial score (nSPS) is 11.1. The molecule has 0 aliphatic carbocycles. The number of amides is 1. The number of hydrogen-bond donors (Lipinski definition) is 1. The number of fused-ring (bicyclic) bond motifs is 1. The van der Waals surface area contributed by atoms with E-state index in [0.717, 1.165) is 0 Å². The maximum atomic E-state index is 12.0. The molecule has 0 aliphatic heterocycles. The zero-order valence-corrected chi connectivity index (χ0v) is 13.6. The van der Waals surface area contributed by atoms with E-state index in [0.29, 0.717) is 21.5 Å². The fourth-order valence-electron chi connectivity index (χ4n) is 2.24. The van der Waals surface area contributed by atoms with Gasteiger partial charge < -0.3 is 0 Å². The molecule has 0 fully saturated rings. The Balaban J connectivity index is 1.68. The molecule has 0 spiro atoms. The van der Waals surface area contributed by atoms with Crippen LogP contribution < -0.4 is 5.43 Å². The maximum absolute atomic E-state index is 12.0. The third kappa shape index (κ3) is 3.81. The number of benzene rings is 2. The molecule has 9 heteroatoms. The molecule has 0 saturated heterocycles. The first-order valence-electron chi connectivity index (χ1n) is 7.21. The molecule has 0 saturated carbocycles. The molecule has 8 nitrogen and oxygen atoms in total. The number of carbonyl (C=O) groups excluding carboxylic acids is 1. The average Bonchev–Trinajstić information content (AvgIpc) is 2.98. The summed E-state index contributed by atoms with van der Waals surface area (Å²) in [6.07, 6.45) is 2.92. The summed E-state index contributed by atoms with van der Waals surface area (Å²) in [7, 11) is 0. The number of rotatable bonds is 5.